The Hall–Kier alpha value is -1.54. The van der Waals surface area contributed by atoms with Crippen molar-refractivity contribution in [1.82, 2.24) is 9.97 Å². The second kappa shape index (κ2) is 6.07. The molecule has 1 aromatic heterocycles. The van der Waals surface area contributed by atoms with Gasteiger partial charge in [-0.1, -0.05) is 11.6 Å². The molecule has 2 rings (SSSR count). The average molecular weight is 382 g/mol. The number of hydrogen-bond donors (Lipinski definition) is 2. The van der Waals surface area contributed by atoms with Gasteiger partial charge in [0.2, 0.25) is 0 Å². The van der Waals surface area contributed by atoms with E-state index in [-0.39, 0.29) is 16.5 Å². The van der Waals surface area contributed by atoms with Crippen molar-refractivity contribution in [3.05, 3.63) is 39.6 Å². The lowest BCUT2D eigenvalue weighted by Gasteiger charge is -2.15. The number of nitrogens with one attached hydrogen (secondary N) is 2. The quantitative estimate of drug-likeness (QED) is 0.809. The molecule has 112 valence electrons. The number of alkyl halides is 3. The van der Waals surface area contributed by atoms with Gasteiger partial charge in [0.25, 0.3) is 0 Å². The highest BCUT2D eigenvalue weighted by Gasteiger charge is 2.34. The monoisotopic (exact) mass is 380 g/mol. The van der Waals surface area contributed by atoms with Crippen molar-refractivity contribution < 1.29 is 13.2 Å². The van der Waals surface area contributed by atoms with Gasteiger partial charge in [0, 0.05) is 12.1 Å². The number of halogens is 5. The van der Waals surface area contributed by atoms with Crippen LogP contribution in [0, 0.1) is 0 Å². The number of benzene rings is 1. The van der Waals surface area contributed by atoms with Crippen LogP contribution in [0.25, 0.3) is 0 Å². The van der Waals surface area contributed by atoms with Crippen LogP contribution in [0.1, 0.15) is 5.56 Å². The zero-order valence-electron chi connectivity index (χ0n) is 10.6. The zero-order chi connectivity index (χ0) is 15.6. The third-order valence-electron chi connectivity index (χ3n) is 2.57. The van der Waals surface area contributed by atoms with Gasteiger partial charge in [0.1, 0.15) is 22.4 Å². The lowest BCUT2D eigenvalue weighted by molar-refractivity contribution is -0.136. The van der Waals surface area contributed by atoms with E-state index in [2.05, 4.69) is 36.5 Å². The minimum atomic E-state index is -4.53. The largest absolute Gasteiger partial charge is 0.418 e. The molecule has 0 amide bonds. The van der Waals surface area contributed by atoms with Crippen molar-refractivity contribution in [2.24, 2.45) is 0 Å². The molecule has 0 aliphatic heterocycles. The van der Waals surface area contributed by atoms with Gasteiger partial charge in [-0.3, -0.25) is 0 Å². The summed E-state index contributed by atoms with van der Waals surface area (Å²) in [5.41, 5.74) is -1.01. The molecule has 0 saturated carbocycles. The summed E-state index contributed by atoms with van der Waals surface area (Å²) in [6.45, 7) is 0. The summed E-state index contributed by atoms with van der Waals surface area (Å²) in [6, 6.07) is 3.48. The molecule has 0 atom stereocenters. The van der Waals surface area contributed by atoms with E-state index in [0.29, 0.717) is 10.3 Å². The molecule has 2 aromatic rings. The van der Waals surface area contributed by atoms with Crippen LogP contribution in [0.4, 0.5) is 30.5 Å². The summed E-state index contributed by atoms with van der Waals surface area (Å²) in [7, 11) is 1.64. The summed E-state index contributed by atoms with van der Waals surface area (Å²) in [6.07, 6.45) is -3.29. The van der Waals surface area contributed by atoms with Crippen molar-refractivity contribution in [3.63, 3.8) is 0 Å². The standard InChI is InChI=1S/C12H9BrClF3N4/c1-18-10-9(13)11(20-5-19-10)21-8-3-2-6(14)4-7(8)12(15,16)17/h2-5H,1H3,(H2,18,19,20,21). The molecule has 0 spiro atoms. The number of rotatable bonds is 3. The van der Waals surface area contributed by atoms with Crippen LogP contribution < -0.4 is 10.6 Å². The highest BCUT2D eigenvalue weighted by Crippen LogP contribution is 2.38. The molecule has 9 heteroatoms. The highest BCUT2D eigenvalue weighted by molar-refractivity contribution is 9.10. The molecule has 0 bridgehead atoms. The molecule has 2 N–H and O–H groups in total. The fourth-order valence-corrected chi connectivity index (χ4v) is 2.29. The maximum Gasteiger partial charge on any atom is 0.418 e. The zero-order valence-corrected chi connectivity index (χ0v) is 12.9. The Morgan fingerprint density at radius 1 is 1.19 bits per heavy atom. The molecule has 4 nitrogen and oxygen atoms in total. The first-order chi connectivity index (χ1) is 9.82. The fraction of sp³-hybridized carbons (Fsp3) is 0.167. The summed E-state index contributed by atoms with van der Waals surface area (Å²) in [5.74, 6) is 0.664. The smallest absolute Gasteiger partial charge is 0.372 e. The molecule has 0 fully saturated rings. The van der Waals surface area contributed by atoms with Crippen LogP contribution in [-0.2, 0) is 6.18 Å². The van der Waals surface area contributed by atoms with Crippen LogP contribution >= 0.6 is 27.5 Å². The third kappa shape index (κ3) is 3.56. The predicted molar refractivity (Wildman–Crippen MR) is 79.0 cm³/mol. The van der Waals surface area contributed by atoms with E-state index in [0.717, 1.165) is 6.07 Å². The van der Waals surface area contributed by atoms with E-state index in [4.69, 9.17) is 11.6 Å². The van der Waals surface area contributed by atoms with Gasteiger partial charge in [0.15, 0.2) is 0 Å². The summed E-state index contributed by atoms with van der Waals surface area (Å²) < 4.78 is 39.5. The van der Waals surface area contributed by atoms with Gasteiger partial charge in [-0.25, -0.2) is 9.97 Å². The topological polar surface area (TPSA) is 49.8 Å². The van der Waals surface area contributed by atoms with Crippen LogP contribution in [0.5, 0.6) is 0 Å². The Labute approximate surface area is 131 Å². The highest BCUT2D eigenvalue weighted by atomic mass is 79.9. The van der Waals surface area contributed by atoms with Gasteiger partial charge in [-0.2, -0.15) is 13.2 Å². The SMILES string of the molecule is CNc1ncnc(Nc2ccc(Cl)cc2C(F)(F)F)c1Br. The summed E-state index contributed by atoms with van der Waals surface area (Å²) in [5, 5.41) is 5.43. The van der Waals surface area contributed by atoms with Crippen molar-refractivity contribution >= 4 is 44.9 Å². The second-order valence-electron chi connectivity index (χ2n) is 3.95. The van der Waals surface area contributed by atoms with E-state index in [1.165, 1.54) is 18.5 Å². The fourth-order valence-electron chi connectivity index (χ4n) is 1.62. The first-order valence-electron chi connectivity index (χ1n) is 5.65. The van der Waals surface area contributed by atoms with Crippen LogP contribution in [-0.4, -0.2) is 17.0 Å². The Morgan fingerprint density at radius 2 is 1.86 bits per heavy atom. The van der Waals surface area contributed by atoms with Crippen molar-refractivity contribution in [1.29, 1.82) is 0 Å². The van der Waals surface area contributed by atoms with Gasteiger partial charge in [0.05, 0.1) is 11.3 Å². The Balaban J connectivity index is 2.45. The average Bonchev–Trinajstić information content (AvgIpc) is 2.42. The number of nitrogens with zero attached hydrogens (tertiary/aromatic N) is 2. The Kier molecular flexibility index (Phi) is 4.58. The Morgan fingerprint density at radius 3 is 2.48 bits per heavy atom. The van der Waals surface area contributed by atoms with Gasteiger partial charge >= 0.3 is 6.18 Å². The van der Waals surface area contributed by atoms with Crippen LogP contribution in [0.2, 0.25) is 5.02 Å². The first kappa shape index (κ1) is 15.8. The van der Waals surface area contributed by atoms with E-state index in [1.54, 1.807) is 7.05 Å². The molecule has 1 heterocycles. The molecule has 0 aliphatic rings. The number of anilines is 3. The number of hydrogen-bond acceptors (Lipinski definition) is 4. The van der Waals surface area contributed by atoms with Crippen LogP contribution in [0.15, 0.2) is 29.0 Å². The molecule has 1 aromatic carbocycles. The molecule has 21 heavy (non-hydrogen) atoms. The molecule has 0 radical (unpaired) electrons. The van der Waals surface area contributed by atoms with Crippen molar-refractivity contribution in [2.45, 2.75) is 6.18 Å². The molecule has 0 unspecified atom stereocenters. The van der Waals surface area contributed by atoms with E-state index >= 15 is 0 Å². The van der Waals surface area contributed by atoms with Gasteiger partial charge in [-0.15, -0.1) is 0 Å². The van der Waals surface area contributed by atoms with Gasteiger partial charge in [-0.05, 0) is 34.1 Å². The minimum Gasteiger partial charge on any atom is -0.372 e. The molecule has 0 saturated heterocycles. The molecular formula is C12H9BrClF3N4. The lowest BCUT2D eigenvalue weighted by Crippen LogP contribution is -2.10. The van der Waals surface area contributed by atoms with Crippen LogP contribution in [0.3, 0.4) is 0 Å². The Bertz CT molecular complexity index is 663. The maximum atomic E-state index is 13.0. The first-order valence-corrected chi connectivity index (χ1v) is 6.82. The number of aromatic nitrogens is 2. The van der Waals surface area contributed by atoms with E-state index in [9.17, 15) is 13.2 Å². The molecule has 0 aliphatic carbocycles. The summed E-state index contributed by atoms with van der Waals surface area (Å²) >= 11 is 8.86. The lowest BCUT2D eigenvalue weighted by atomic mass is 10.1. The summed E-state index contributed by atoms with van der Waals surface area (Å²) in [4.78, 5) is 7.85. The maximum absolute atomic E-state index is 13.0. The molecular weight excluding hydrogens is 373 g/mol. The van der Waals surface area contributed by atoms with Crippen molar-refractivity contribution in [3.8, 4) is 0 Å². The second-order valence-corrected chi connectivity index (χ2v) is 5.18. The predicted octanol–water partition coefficient (Wildman–Crippen LogP) is 4.70. The van der Waals surface area contributed by atoms with E-state index < -0.39 is 11.7 Å². The van der Waals surface area contributed by atoms with Gasteiger partial charge < -0.3 is 10.6 Å². The van der Waals surface area contributed by atoms with Crippen molar-refractivity contribution in [2.75, 3.05) is 17.7 Å². The van der Waals surface area contributed by atoms with E-state index in [1.807, 2.05) is 0 Å². The normalized spacial score (nSPS) is 11.3. The third-order valence-corrected chi connectivity index (χ3v) is 3.55. The minimum absolute atomic E-state index is 0.00513.